The third-order valence-corrected chi connectivity index (χ3v) is 6.68. The highest BCUT2D eigenvalue weighted by Crippen LogP contribution is 2.47. The number of hydrogen-bond acceptors (Lipinski definition) is 2. The molecule has 0 fully saturated rings. The van der Waals surface area contributed by atoms with Crippen LogP contribution in [-0.4, -0.2) is 0 Å². The van der Waals surface area contributed by atoms with Gasteiger partial charge in [0.25, 0.3) is 0 Å². The molecular weight excluding hydrogens is 439 g/mol. The first-order valence-corrected chi connectivity index (χ1v) is 9.97. The maximum Gasteiger partial charge on any atom is 0.150 e. The summed E-state index contributed by atoms with van der Waals surface area (Å²) in [6.45, 7) is 0. The smallest absolute Gasteiger partial charge is 0.150 e. The van der Waals surface area contributed by atoms with Crippen LogP contribution in [0.15, 0.2) is 83.3 Å². The van der Waals surface area contributed by atoms with E-state index in [9.17, 15) is 0 Å². The number of fused-ring (bicyclic) bond motifs is 2. The summed E-state index contributed by atoms with van der Waals surface area (Å²) < 4.78 is 8.77. The molecule has 0 N–H and O–H groups in total. The highest BCUT2D eigenvalue weighted by molar-refractivity contribution is 14.1. The van der Waals surface area contributed by atoms with Crippen LogP contribution in [0.3, 0.4) is 0 Å². The molecule has 0 bridgehead atoms. The molecule has 0 atom stereocenters. The molecule has 1 nitrogen and oxygen atoms in total. The van der Waals surface area contributed by atoms with Crippen LogP contribution in [0.2, 0.25) is 0 Å². The van der Waals surface area contributed by atoms with E-state index in [1.54, 1.807) is 0 Å². The van der Waals surface area contributed by atoms with Crippen molar-refractivity contribution in [2.75, 3.05) is 0 Å². The SMILES string of the molecule is Ic1c(-c2c(-c3ccccc3)sc3ccccc23)oc2ccccc12. The topological polar surface area (TPSA) is 13.1 Å². The van der Waals surface area contributed by atoms with Crippen molar-refractivity contribution >= 4 is 55.0 Å². The normalized spacial score (nSPS) is 11.4. The van der Waals surface area contributed by atoms with E-state index in [0.29, 0.717) is 0 Å². The molecule has 25 heavy (non-hydrogen) atoms. The fourth-order valence-electron chi connectivity index (χ4n) is 3.24. The molecule has 0 unspecified atom stereocenters. The minimum Gasteiger partial charge on any atom is -0.455 e. The van der Waals surface area contributed by atoms with Crippen LogP contribution in [0.25, 0.3) is 42.8 Å². The minimum absolute atomic E-state index is 0.941. The summed E-state index contributed by atoms with van der Waals surface area (Å²) in [4.78, 5) is 1.26. The average Bonchev–Trinajstić information content (AvgIpc) is 3.21. The van der Waals surface area contributed by atoms with Crippen LogP contribution < -0.4 is 0 Å². The first kappa shape index (κ1) is 15.2. The molecule has 5 rings (SSSR count). The minimum atomic E-state index is 0.941. The van der Waals surface area contributed by atoms with E-state index in [2.05, 4.69) is 89.3 Å². The highest BCUT2D eigenvalue weighted by Gasteiger charge is 2.22. The van der Waals surface area contributed by atoms with Crippen molar-refractivity contribution in [2.24, 2.45) is 0 Å². The van der Waals surface area contributed by atoms with Crippen molar-refractivity contribution in [1.82, 2.24) is 0 Å². The van der Waals surface area contributed by atoms with Gasteiger partial charge in [-0.1, -0.05) is 66.7 Å². The Morgan fingerprint density at radius 3 is 2.20 bits per heavy atom. The molecule has 0 saturated carbocycles. The van der Waals surface area contributed by atoms with Gasteiger partial charge in [0.05, 0.1) is 3.57 Å². The Kier molecular flexibility index (Phi) is 3.64. The Labute approximate surface area is 163 Å². The van der Waals surface area contributed by atoms with Gasteiger partial charge in [0.2, 0.25) is 0 Å². The van der Waals surface area contributed by atoms with Crippen LogP contribution >= 0.6 is 33.9 Å². The van der Waals surface area contributed by atoms with E-state index in [4.69, 9.17) is 4.42 Å². The van der Waals surface area contributed by atoms with Gasteiger partial charge in [0.15, 0.2) is 5.76 Å². The first-order chi connectivity index (χ1) is 12.3. The lowest BCUT2D eigenvalue weighted by molar-refractivity contribution is 0.631. The maximum atomic E-state index is 6.31. The predicted octanol–water partition coefficient (Wildman–Crippen LogP) is 7.59. The molecule has 5 aromatic rings. The van der Waals surface area contributed by atoms with Gasteiger partial charge < -0.3 is 4.42 Å². The lowest BCUT2D eigenvalue weighted by Gasteiger charge is -2.03. The number of benzene rings is 3. The largest absolute Gasteiger partial charge is 0.455 e. The maximum absolute atomic E-state index is 6.31. The third-order valence-electron chi connectivity index (χ3n) is 4.39. The lowest BCUT2D eigenvalue weighted by Crippen LogP contribution is -1.80. The summed E-state index contributed by atoms with van der Waals surface area (Å²) in [5, 5.41) is 2.43. The molecule has 2 heterocycles. The number of para-hydroxylation sites is 1. The zero-order valence-corrected chi connectivity index (χ0v) is 16.2. The van der Waals surface area contributed by atoms with Gasteiger partial charge in [-0.05, 0) is 40.3 Å². The quantitative estimate of drug-likeness (QED) is 0.252. The van der Waals surface area contributed by atoms with Crippen LogP contribution in [0, 0.1) is 3.57 Å². The second-order valence-electron chi connectivity index (χ2n) is 5.91. The Hall–Kier alpha value is -2.11. The standard InChI is InChI=1S/C22H13IOS/c23-20-15-10-4-6-12-17(15)24-21(20)19-16-11-5-7-13-18(16)25-22(19)14-8-2-1-3-9-14/h1-13H. The zero-order chi connectivity index (χ0) is 16.8. The Morgan fingerprint density at radius 1 is 0.720 bits per heavy atom. The summed E-state index contributed by atoms with van der Waals surface area (Å²) >= 11 is 4.24. The highest BCUT2D eigenvalue weighted by atomic mass is 127. The second kappa shape index (κ2) is 6.00. The lowest BCUT2D eigenvalue weighted by atomic mass is 10.0. The molecule has 0 saturated heterocycles. The number of rotatable bonds is 2. The van der Waals surface area contributed by atoms with E-state index >= 15 is 0 Å². The van der Waals surface area contributed by atoms with Gasteiger partial charge >= 0.3 is 0 Å². The van der Waals surface area contributed by atoms with Crippen molar-refractivity contribution in [1.29, 1.82) is 0 Å². The van der Waals surface area contributed by atoms with Gasteiger partial charge in [0.1, 0.15) is 5.58 Å². The van der Waals surface area contributed by atoms with Gasteiger partial charge in [-0.2, -0.15) is 0 Å². The third kappa shape index (κ3) is 2.41. The average molecular weight is 452 g/mol. The van der Waals surface area contributed by atoms with Gasteiger partial charge in [-0.15, -0.1) is 11.3 Å². The van der Waals surface area contributed by atoms with E-state index in [1.807, 2.05) is 23.5 Å². The van der Waals surface area contributed by atoms with Crippen LogP contribution in [0.4, 0.5) is 0 Å². The van der Waals surface area contributed by atoms with Gasteiger partial charge in [0, 0.05) is 25.9 Å². The predicted molar refractivity (Wildman–Crippen MR) is 115 cm³/mol. The number of thiophene rings is 1. The molecule has 0 aliphatic rings. The van der Waals surface area contributed by atoms with E-state index in [-0.39, 0.29) is 0 Å². The van der Waals surface area contributed by atoms with Crippen LogP contribution in [0.1, 0.15) is 0 Å². The number of hydrogen-bond donors (Lipinski definition) is 0. The number of furan rings is 1. The summed E-state index contributed by atoms with van der Waals surface area (Å²) in [7, 11) is 0. The van der Waals surface area contributed by atoms with Crippen LogP contribution in [-0.2, 0) is 0 Å². The summed E-state index contributed by atoms with van der Waals surface area (Å²) in [6.07, 6.45) is 0. The monoisotopic (exact) mass is 452 g/mol. The summed E-state index contributed by atoms with van der Waals surface area (Å²) in [5.41, 5.74) is 3.37. The summed E-state index contributed by atoms with van der Waals surface area (Å²) in [6, 6.07) is 27.4. The Balaban J connectivity index is 1.90. The molecule has 0 spiro atoms. The summed E-state index contributed by atoms with van der Waals surface area (Å²) in [5.74, 6) is 0.970. The first-order valence-electron chi connectivity index (χ1n) is 8.07. The molecular formula is C22H13IOS. The van der Waals surface area contributed by atoms with Gasteiger partial charge in [-0.25, -0.2) is 0 Å². The fraction of sp³-hybridized carbons (Fsp3) is 0. The van der Waals surface area contributed by atoms with Crippen molar-refractivity contribution in [3.05, 3.63) is 82.4 Å². The zero-order valence-electron chi connectivity index (χ0n) is 13.2. The molecule has 3 heteroatoms. The molecule has 0 radical (unpaired) electrons. The number of halogens is 1. The molecule has 2 aromatic heterocycles. The van der Waals surface area contributed by atoms with Gasteiger partial charge in [-0.3, -0.25) is 0 Å². The van der Waals surface area contributed by atoms with E-state index in [0.717, 1.165) is 11.3 Å². The van der Waals surface area contributed by atoms with E-state index in [1.165, 1.54) is 35.0 Å². The fourth-order valence-corrected chi connectivity index (χ4v) is 5.27. The molecule has 3 aromatic carbocycles. The van der Waals surface area contributed by atoms with Crippen molar-refractivity contribution in [2.45, 2.75) is 0 Å². The second-order valence-corrected chi connectivity index (χ2v) is 8.04. The van der Waals surface area contributed by atoms with Crippen molar-refractivity contribution < 1.29 is 4.42 Å². The van der Waals surface area contributed by atoms with Crippen molar-refractivity contribution in [3.8, 4) is 21.8 Å². The van der Waals surface area contributed by atoms with Crippen LogP contribution in [0.5, 0.6) is 0 Å². The Morgan fingerprint density at radius 2 is 1.40 bits per heavy atom. The van der Waals surface area contributed by atoms with E-state index < -0.39 is 0 Å². The molecule has 120 valence electrons. The molecule has 0 amide bonds. The van der Waals surface area contributed by atoms with Crippen molar-refractivity contribution in [3.63, 3.8) is 0 Å². The molecule has 0 aliphatic carbocycles. The Bertz CT molecular complexity index is 1200. The molecule has 0 aliphatic heterocycles.